The van der Waals surface area contributed by atoms with Crippen LogP contribution in [0.2, 0.25) is 0 Å². The van der Waals surface area contributed by atoms with Crippen molar-refractivity contribution in [3.63, 3.8) is 0 Å². The number of benzene rings is 4. The molecule has 0 unspecified atom stereocenters. The molecule has 5 rings (SSSR count). The Morgan fingerprint density at radius 3 is 1.36 bits per heavy atom. The highest BCUT2D eigenvalue weighted by atomic mass is 15.4. The molecule has 0 fully saturated rings. The van der Waals surface area contributed by atoms with Crippen LogP contribution in [0.15, 0.2) is 60.7 Å². The van der Waals surface area contributed by atoms with Gasteiger partial charge in [-0.3, -0.25) is 10.2 Å². The van der Waals surface area contributed by atoms with Gasteiger partial charge in [0.25, 0.3) is 0 Å². The molecule has 0 aliphatic rings. The van der Waals surface area contributed by atoms with E-state index in [1.54, 1.807) is 0 Å². The van der Waals surface area contributed by atoms with E-state index in [2.05, 4.69) is 81.3 Å². The van der Waals surface area contributed by atoms with Gasteiger partial charge in [-0.05, 0) is 68.7 Å². The molecule has 4 nitrogen and oxygen atoms in total. The van der Waals surface area contributed by atoms with Gasteiger partial charge < -0.3 is 0 Å². The van der Waals surface area contributed by atoms with Crippen molar-refractivity contribution in [2.45, 2.75) is 0 Å². The summed E-state index contributed by atoms with van der Waals surface area (Å²) in [7, 11) is 0. The Labute approximate surface area is 125 Å². The van der Waals surface area contributed by atoms with Gasteiger partial charge in [0.15, 0.2) is 0 Å². The molecular formula is C18H14N4. The zero-order valence-corrected chi connectivity index (χ0v) is 11.8. The lowest BCUT2D eigenvalue weighted by molar-refractivity contribution is 0.797. The Bertz CT molecular complexity index is 997. The van der Waals surface area contributed by atoms with Gasteiger partial charge in [-0.1, -0.05) is 24.3 Å². The van der Waals surface area contributed by atoms with E-state index >= 15 is 0 Å². The fourth-order valence-electron chi connectivity index (χ4n) is 3.15. The maximum Gasteiger partial charge on any atom is 0.0811 e. The fourth-order valence-corrected chi connectivity index (χ4v) is 3.15. The average Bonchev–Trinajstić information content (AvgIpc) is 2.56. The van der Waals surface area contributed by atoms with Crippen LogP contribution in [-0.4, -0.2) is 20.6 Å². The topological polar surface area (TPSA) is 63.2 Å². The van der Waals surface area contributed by atoms with E-state index in [9.17, 15) is 0 Å². The molecule has 0 saturated carbocycles. The van der Waals surface area contributed by atoms with E-state index < -0.39 is 0 Å². The maximum atomic E-state index is 3.11. The summed E-state index contributed by atoms with van der Waals surface area (Å²) in [5.74, 6) is 0. The van der Waals surface area contributed by atoms with E-state index in [1.165, 1.54) is 32.3 Å². The van der Waals surface area contributed by atoms with Crippen molar-refractivity contribution in [3.8, 4) is 0 Å². The summed E-state index contributed by atoms with van der Waals surface area (Å²) in [6.07, 6.45) is 0. The molecule has 0 bridgehead atoms. The van der Waals surface area contributed by atoms with E-state index in [0.29, 0.717) is 0 Å². The smallest absolute Gasteiger partial charge is 0.0811 e. The number of rotatable bonds is 0. The largest absolute Gasteiger partial charge is 0.284 e. The Morgan fingerprint density at radius 2 is 0.864 bits per heavy atom. The number of nitrogens with one attached hydrogen (secondary N) is 4. The van der Waals surface area contributed by atoms with Gasteiger partial charge in [0.1, 0.15) is 0 Å². The third kappa shape index (κ3) is 1.64. The first-order valence-electron chi connectivity index (χ1n) is 7.29. The van der Waals surface area contributed by atoms with E-state index in [-0.39, 0.29) is 0 Å². The summed E-state index contributed by atoms with van der Waals surface area (Å²) in [6.45, 7) is 0. The molecule has 1 heterocycles. The lowest BCUT2D eigenvalue weighted by Gasteiger charge is -2.07. The van der Waals surface area contributed by atoms with Crippen molar-refractivity contribution in [2.75, 3.05) is 0 Å². The van der Waals surface area contributed by atoms with Crippen LogP contribution in [0.25, 0.3) is 43.4 Å². The normalized spacial score (nSPS) is 11.6. The minimum absolute atomic E-state index is 1.03. The summed E-state index contributed by atoms with van der Waals surface area (Å²) < 4.78 is 0. The molecule has 4 N–H and O–H groups in total. The van der Waals surface area contributed by atoms with Gasteiger partial charge in [0, 0.05) is 0 Å². The van der Waals surface area contributed by atoms with Crippen molar-refractivity contribution in [1.82, 2.24) is 20.6 Å². The van der Waals surface area contributed by atoms with Crippen LogP contribution in [0.1, 0.15) is 0 Å². The number of hydrogen-bond acceptors (Lipinski definition) is 0. The molecular weight excluding hydrogens is 272 g/mol. The molecule has 106 valence electrons. The molecule has 4 aromatic carbocycles. The monoisotopic (exact) mass is 286 g/mol. The summed E-state index contributed by atoms with van der Waals surface area (Å²) in [5, 5.41) is 19.5. The second-order valence-corrected chi connectivity index (χ2v) is 5.64. The highest BCUT2D eigenvalue weighted by Crippen LogP contribution is 2.28. The third-order valence-corrected chi connectivity index (χ3v) is 4.25. The van der Waals surface area contributed by atoms with Crippen LogP contribution in [0, 0.1) is 0 Å². The minimum atomic E-state index is 1.03. The Morgan fingerprint density at radius 1 is 0.455 bits per heavy atom. The molecule has 0 radical (unpaired) electrons. The number of aromatic amines is 4. The molecule has 0 atom stereocenters. The predicted molar refractivity (Wildman–Crippen MR) is 91.5 cm³/mol. The first kappa shape index (κ1) is 11.5. The van der Waals surface area contributed by atoms with Crippen LogP contribution >= 0.6 is 0 Å². The van der Waals surface area contributed by atoms with Crippen molar-refractivity contribution < 1.29 is 0 Å². The highest BCUT2D eigenvalue weighted by Gasteiger charge is 2.03. The lowest BCUT2D eigenvalue weighted by Crippen LogP contribution is -1.92. The third-order valence-electron chi connectivity index (χ3n) is 4.25. The Balaban J connectivity index is 1.93. The molecule has 5 aromatic rings. The number of aromatic nitrogens is 4. The van der Waals surface area contributed by atoms with Crippen molar-refractivity contribution in [1.29, 1.82) is 0 Å². The van der Waals surface area contributed by atoms with E-state index in [0.717, 1.165) is 11.0 Å². The Kier molecular flexibility index (Phi) is 2.19. The fraction of sp³-hybridized carbons (Fsp3) is 0. The van der Waals surface area contributed by atoms with Crippen LogP contribution in [0.4, 0.5) is 0 Å². The number of fused-ring (bicyclic) bond motifs is 4. The number of hydrogen-bond donors (Lipinski definition) is 4. The van der Waals surface area contributed by atoms with Gasteiger partial charge in [0.2, 0.25) is 0 Å². The molecule has 0 saturated heterocycles. The van der Waals surface area contributed by atoms with Crippen LogP contribution in [0.3, 0.4) is 0 Å². The highest BCUT2D eigenvalue weighted by molar-refractivity contribution is 6.07. The molecule has 0 aliphatic heterocycles. The molecule has 22 heavy (non-hydrogen) atoms. The van der Waals surface area contributed by atoms with Gasteiger partial charge in [0.05, 0.1) is 11.0 Å². The van der Waals surface area contributed by atoms with Gasteiger partial charge in [-0.2, -0.15) is 0 Å². The van der Waals surface area contributed by atoms with Gasteiger partial charge in [-0.15, -0.1) is 0 Å². The molecule has 0 amide bonds. The Hall–Kier alpha value is -3.14. The predicted octanol–water partition coefficient (Wildman–Crippen LogP) is 4.74. The second kappa shape index (κ2) is 4.18. The summed E-state index contributed by atoms with van der Waals surface area (Å²) in [5.41, 5.74) is 2.07. The molecule has 1 aromatic heterocycles. The van der Waals surface area contributed by atoms with E-state index in [4.69, 9.17) is 0 Å². The van der Waals surface area contributed by atoms with Crippen molar-refractivity contribution >= 4 is 43.4 Å². The van der Waals surface area contributed by atoms with Crippen LogP contribution in [0.5, 0.6) is 0 Å². The first-order valence-corrected chi connectivity index (χ1v) is 7.29. The number of H-pyrrole nitrogens is 4. The van der Waals surface area contributed by atoms with Crippen molar-refractivity contribution in [2.24, 2.45) is 0 Å². The van der Waals surface area contributed by atoms with E-state index in [1.807, 2.05) is 0 Å². The first-order chi connectivity index (χ1) is 10.9. The minimum Gasteiger partial charge on any atom is -0.284 e. The maximum absolute atomic E-state index is 3.11. The standard InChI is InChI=1S/C18H14N4/c1-2-4-12-6-14-8-16-10-18-17(19-21-22-20-18)9-15(16)7-13(14)5-11(12)3-1/h1-10,19-22H. The zero-order chi connectivity index (χ0) is 14.5. The van der Waals surface area contributed by atoms with Gasteiger partial charge in [-0.25, -0.2) is 10.4 Å². The zero-order valence-electron chi connectivity index (χ0n) is 11.8. The average molecular weight is 286 g/mol. The van der Waals surface area contributed by atoms with Crippen molar-refractivity contribution in [3.05, 3.63) is 60.7 Å². The summed E-state index contributed by atoms with van der Waals surface area (Å²) in [4.78, 5) is 0. The SMILES string of the molecule is c1ccc2cc3cc4cc5[nH][nH][nH][nH]c5cc4cc3cc2c1. The van der Waals surface area contributed by atoms with Gasteiger partial charge >= 0.3 is 0 Å². The molecule has 4 heteroatoms. The van der Waals surface area contributed by atoms with Crippen LogP contribution < -0.4 is 0 Å². The summed E-state index contributed by atoms with van der Waals surface area (Å²) >= 11 is 0. The molecule has 0 aliphatic carbocycles. The lowest BCUT2D eigenvalue weighted by atomic mass is 9.99. The second-order valence-electron chi connectivity index (χ2n) is 5.64. The summed E-state index contributed by atoms with van der Waals surface area (Å²) in [6, 6.07) is 21.8. The quantitative estimate of drug-likeness (QED) is 0.297. The van der Waals surface area contributed by atoms with Crippen LogP contribution in [-0.2, 0) is 0 Å². The molecule has 0 spiro atoms.